The quantitative estimate of drug-likeness (QED) is 0.219. The molecule has 0 unspecified atom stereocenters. The second kappa shape index (κ2) is 13.3. The van der Waals surface area contributed by atoms with Crippen LogP contribution >= 0.6 is 34.7 Å². The van der Waals surface area contributed by atoms with Gasteiger partial charge in [0, 0.05) is 16.3 Å². The summed E-state index contributed by atoms with van der Waals surface area (Å²) in [5, 5.41) is 14.5. The molecule has 3 rings (SSSR count). The lowest BCUT2D eigenvalue weighted by Gasteiger charge is -2.16. The van der Waals surface area contributed by atoms with E-state index in [0.29, 0.717) is 62.8 Å². The van der Waals surface area contributed by atoms with Gasteiger partial charge >= 0.3 is 0 Å². The maximum atomic E-state index is 12.9. The fourth-order valence-electron chi connectivity index (χ4n) is 3.00. The lowest BCUT2D eigenvalue weighted by atomic mass is 10.1. The molecule has 1 aromatic heterocycles. The van der Waals surface area contributed by atoms with Gasteiger partial charge in [0.15, 0.2) is 15.8 Å². The molecule has 0 fully saturated rings. The minimum Gasteiger partial charge on any atom is -0.490 e. The van der Waals surface area contributed by atoms with Gasteiger partial charge in [0.25, 0.3) is 5.91 Å². The second-order valence-electron chi connectivity index (χ2n) is 7.23. The fraction of sp³-hybridized carbons (Fsp3) is 0.333. The van der Waals surface area contributed by atoms with E-state index in [1.807, 2.05) is 33.8 Å². The van der Waals surface area contributed by atoms with Crippen molar-refractivity contribution in [1.29, 1.82) is 0 Å². The van der Waals surface area contributed by atoms with Gasteiger partial charge in [-0.2, -0.15) is 0 Å². The largest absolute Gasteiger partial charge is 0.490 e. The summed E-state index contributed by atoms with van der Waals surface area (Å²) in [4.78, 5) is 25.2. The highest BCUT2D eigenvalue weighted by Crippen LogP contribution is 2.39. The van der Waals surface area contributed by atoms with E-state index in [1.165, 1.54) is 23.1 Å². The van der Waals surface area contributed by atoms with E-state index in [0.717, 1.165) is 5.56 Å². The van der Waals surface area contributed by atoms with Gasteiger partial charge in [0.1, 0.15) is 0 Å². The number of halogens is 1. The third-order valence-electron chi connectivity index (χ3n) is 4.58. The monoisotopic (exact) mass is 550 g/mol. The Bertz CT molecular complexity index is 1190. The summed E-state index contributed by atoms with van der Waals surface area (Å²) < 4.78 is 17.6. The average Bonchev–Trinajstić information content (AvgIpc) is 3.29. The summed E-state index contributed by atoms with van der Waals surface area (Å²) in [6.07, 6.45) is 0. The predicted molar refractivity (Wildman–Crippen MR) is 143 cm³/mol. The first-order chi connectivity index (χ1) is 17.3. The Morgan fingerprint density at radius 3 is 2.25 bits per heavy atom. The van der Waals surface area contributed by atoms with Gasteiger partial charge in [-0.05, 0) is 57.5 Å². The van der Waals surface area contributed by atoms with Gasteiger partial charge in [-0.1, -0.05) is 40.8 Å². The molecule has 3 aromatic rings. The lowest BCUT2D eigenvalue weighted by molar-refractivity contribution is -0.113. The number of amides is 2. The first kappa shape index (κ1) is 27.6. The van der Waals surface area contributed by atoms with Crippen molar-refractivity contribution in [2.75, 3.05) is 36.2 Å². The molecule has 0 aliphatic rings. The van der Waals surface area contributed by atoms with Crippen LogP contribution in [0, 0.1) is 6.92 Å². The number of carbonyl (C=O) groups is 2. The van der Waals surface area contributed by atoms with Crippen molar-refractivity contribution >= 4 is 57.3 Å². The van der Waals surface area contributed by atoms with Crippen LogP contribution in [-0.2, 0) is 4.79 Å². The summed E-state index contributed by atoms with van der Waals surface area (Å²) in [6, 6.07) is 8.53. The Morgan fingerprint density at radius 1 is 0.972 bits per heavy atom. The third kappa shape index (κ3) is 7.49. The number of hydrogen-bond donors (Lipinski definition) is 2. The molecule has 0 radical (unpaired) electrons. The van der Waals surface area contributed by atoms with Gasteiger partial charge in [-0.15, -0.1) is 10.2 Å². The van der Waals surface area contributed by atoms with E-state index >= 15 is 0 Å². The number of aromatic nitrogens is 2. The second-order valence-corrected chi connectivity index (χ2v) is 9.84. The molecule has 0 bridgehead atoms. The molecule has 192 valence electrons. The van der Waals surface area contributed by atoms with Crippen LogP contribution in [0.5, 0.6) is 17.2 Å². The average molecular weight is 551 g/mol. The Labute approximate surface area is 222 Å². The van der Waals surface area contributed by atoms with Crippen LogP contribution in [0.2, 0.25) is 5.02 Å². The van der Waals surface area contributed by atoms with Gasteiger partial charge in [-0.3, -0.25) is 14.9 Å². The predicted octanol–water partition coefficient (Wildman–Crippen LogP) is 5.68. The first-order valence-corrected chi connectivity index (χ1v) is 13.4. The summed E-state index contributed by atoms with van der Waals surface area (Å²) >= 11 is 8.49. The van der Waals surface area contributed by atoms with Crippen LogP contribution in [0.25, 0.3) is 0 Å². The standard InChI is InChI=1S/C24H27ClN4O5S2/c1-5-32-18-10-15(11-19(33-6-2)21(18)34-7-3)22(31)27-23-28-29-24(36-23)35-13-20(30)26-16-9-8-14(4)17(25)12-16/h8-12H,5-7,13H2,1-4H3,(H,26,30)(H,27,28,31). The molecule has 12 heteroatoms. The Kier molecular flexibility index (Phi) is 10.2. The smallest absolute Gasteiger partial charge is 0.257 e. The number of nitrogens with one attached hydrogen (secondary N) is 2. The minimum absolute atomic E-state index is 0.127. The number of ether oxygens (including phenoxy) is 3. The molecule has 1 heterocycles. The highest BCUT2D eigenvalue weighted by Gasteiger charge is 2.19. The van der Waals surface area contributed by atoms with Crippen LogP contribution < -0.4 is 24.8 Å². The van der Waals surface area contributed by atoms with E-state index in [1.54, 1.807) is 24.3 Å². The summed E-state index contributed by atoms with van der Waals surface area (Å²) in [5.41, 5.74) is 1.88. The zero-order valence-electron chi connectivity index (χ0n) is 20.3. The number of benzene rings is 2. The summed E-state index contributed by atoms with van der Waals surface area (Å²) in [5.74, 6) is 0.819. The number of hydrogen-bond acceptors (Lipinski definition) is 9. The Morgan fingerprint density at radius 2 is 1.64 bits per heavy atom. The molecule has 0 aliphatic heterocycles. The zero-order valence-corrected chi connectivity index (χ0v) is 22.7. The van der Waals surface area contributed by atoms with Crippen LogP contribution in [0.4, 0.5) is 10.8 Å². The molecule has 2 N–H and O–H groups in total. The highest BCUT2D eigenvalue weighted by atomic mass is 35.5. The molecule has 0 spiro atoms. The van der Waals surface area contributed by atoms with Crippen molar-refractivity contribution in [1.82, 2.24) is 10.2 Å². The van der Waals surface area contributed by atoms with E-state index in [9.17, 15) is 9.59 Å². The summed E-state index contributed by atoms with van der Waals surface area (Å²) in [7, 11) is 0. The minimum atomic E-state index is -0.401. The number of nitrogens with zero attached hydrogens (tertiary/aromatic N) is 2. The van der Waals surface area contributed by atoms with E-state index in [-0.39, 0.29) is 11.7 Å². The molecule has 2 amide bonds. The Balaban J connectivity index is 1.63. The van der Waals surface area contributed by atoms with Crippen molar-refractivity contribution in [2.45, 2.75) is 32.0 Å². The molecule has 36 heavy (non-hydrogen) atoms. The molecule has 0 saturated heterocycles. The van der Waals surface area contributed by atoms with Gasteiger partial charge in [-0.25, -0.2) is 0 Å². The van der Waals surface area contributed by atoms with Crippen molar-refractivity contribution < 1.29 is 23.8 Å². The number of aryl methyl sites for hydroxylation is 1. The highest BCUT2D eigenvalue weighted by molar-refractivity contribution is 8.01. The molecular weight excluding hydrogens is 524 g/mol. The number of anilines is 2. The van der Waals surface area contributed by atoms with E-state index in [4.69, 9.17) is 25.8 Å². The molecule has 2 aromatic carbocycles. The number of thioether (sulfide) groups is 1. The van der Waals surface area contributed by atoms with Crippen molar-refractivity contribution in [3.63, 3.8) is 0 Å². The molecule has 0 saturated carbocycles. The molecular formula is C24H27ClN4O5S2. The van der Waals surface area contributed by atoms with Crippen LogP contribution in [-0.4, -0.2) is 47.6 Å². The lowest BCUT2D eigenvalue weighted by Crippen LogP contribution is -2.13. The van der Waals surface area contributed by atoms with Crippen molar-refractivity contribution in [3.05, 3.63) is 46.5 Å². The van der Waals surface area contributed by atoms with Crippen LogP contribution in [0.1, 0.15) is 36.7 Å². The maximum Gasteiger partial charge on any atom is 0.257 e. The summed E-state index contributed by atoms with van der Waals surface area (Å²) in [6.45, 7) is 8.67. The Hall–Kier alpha value is -3.02. The fourth-order valence-corrected chi connectivity index (χ4v) is 4.73. The maximum absolute atomic E-state index is 12.9. The SMILES string of the molecule is CCOc1cc(C(=O)Nc2nnc(SCC(=O)Nc3ccc(C)c(Cl)c3)s2)cc(OCC)c1OCC. The van der Waals surface area contributed by atoms with Crippen LogP contribution in [0.3, 0.4) is 0 Å². The van der Waals surface area contributed by atoms with Gasteiger partial charge in [0.05, 0.1) is 25.6 Å². The van der Waals surface area contributed by atoms with Crippen molar-refractivity contribution in [3.8, 4) is 17.2 Å². The van der Waals surface area contributed by atoms with E-state index < -0.39 is 5.91 Å². The third-order valence-corrected chi connectivity index (χ3v) is 6.96. The molecule has 9 nitrogen and oxygen atoms in total. The van der Waals surface area contributed by atoms with Crippen LogP contribution in [0.15, 0.2) is 34.7 Å². The normalized spacial score (nSPS) is 10.6. The van der Waals surface area contributed by atoms with Gasteiger partial charge < -0.3 is 19.5 Å². The first-order valence-electron chi connectivity index (χ1n) is 11.2. The molecule has 0 aliphatic carbocycles. The van der Waals surface area contributed by atoms with Crippen molar-refractivity contribution in [2.24, 2.45) is 0 Å². The zero-order chi connectivity index (χ0) is 26.1. The number of rotatable bonds is 12. The van der Waals surface area contributed by atoms with E-state index in [2.05, 4.69) is 20.8 Å². The molecule has 0 atom stereocenters. The van der Waals surface area contributed by atoms with Gasteiger partial charge in [0.2, 0.25) is 16.8 Å². The topological polar surface area (TPSA) is 112 Å². The number of carbonyl (C=O) groups excluding carboxylic acids is 2.